The predicted molar refractivity (Wildman–Crippen MR) is 91.9 cm³/mol. The van der Waals surface area contributed by atoms with Crippen molar-refractivity contribution in [1.29, 1.82) is 0 Å². The summed E-state index contributed by atoms with van der Waals surface area (Å²) in [6, 6.07) is 6.87. The normalized spacial score (nSPS) is 13.8. The Hall–Kier alpha value is -1.86. The summed E-state index contributed by atoms with van der Waals surface area (Å²) in [4.78, 5) is 0.261. The third-order valence-electron chi connectivity index (χ3n) is 3.59. The van der Waals surface area contributed by atoms with Crippen LogP contribution in [0, 0.1) is 0 Å². The molecule has 0 saturated carbocycles. The monoisotopic (exact) mass is 336 g/mol. The largest absolute Gasteiger partial charge is 0.376 e. The smallest absolute Gasteiger partial charge is 0.240 e. The van der Waals surface area contributed by atoms with Crippen molar-refractivity contribution in [3.8, 4) is 0 Å². The lowest BCUT2D eigenvalue weighted by Crippen LogP contribution is -2.22. The van der Waals surface area contributed by atoms with Gasteiger partial charge < -0.3 is 5.32 Å². The summed E-state index contributed by atoms with van der Waals surface area (Å²) >= 11 is 0. The van der Waals surface area contributed by atoms with Crippen LogP contribution in [-0.2, 0) is 15.6 Å². The van der Waals surface area contributed by atoms with E-state index < -0.39 is 10.0 Å². The van der Waals surface area contributed by atoms with Crippen molar-refractivity contribution in [1.82, 2.24) is 14.5 Å². The van der Waals surface area contributed by atoms with E-state index in [0.29, 0.717) is 0 Å². The van der Waals surface area contributed by atoms with Crippen LogP contribution in [0.2, 0.25) is 0 Å². The van der Waals surface area contributed by atoms with Gasteiger partial charge in [0.25, 0.3) is 0 Å². The minimum absolute atomic E-state index is 0.0420. The molecule has 0 aliphatic heterocycles. The highest BCUT2D eigenvalue weighted by molar-refractivity contribution is 7.89. The highest BCUT2D eigenvalue weighted by atomic mass is 32.2. The van der Waals surface area contributed by atoms with E-state index in [1.807, 2.05) is 23.9 Å². The predicted octanol–water partition coefficient (Wildman–Crippen LogP) is 2.72. The van der Waals surface area contributed by atoms with Crippen molar-refractivity contribution < 1.29 is 8.42 Å². The van der Waals surface area contributed by atoms with Gasteiger partial charge in [-0.15, -0.1) is 0 Å². The Balaban J connectivity index is 2.20. The standard InChI is InChI=1S/C16H24N4O2S/c1-12(19-14-10-18-20(11-14)16(2,3)4)13-7-6-8-15(9-13)23(21,22)17-5/h6-12,17,19H,1-5H3. The fraction of sp³-hybridized carbons (Fsp3) is 0.438. The first kappa shape index (κ1) is 17.5. The third kappa shape index (κ3) is 4.11. The molecule has 1 aromatic carbocycles. The molecule has 0 fully saturated rings. The lowest BCUT2D eigenvalue weighted by atomic mass is 10.1. The number of anilines is 1. The summed E-state index contributed by atoms with van der Waals surface area (Å²) in [5, 5.41) is 7.70. The molecule has 0 radical (unpaired) electrons. The summed E-state index contributed by atoms with van der Waals surface area (Å²) in [7, 11) is -2.03. The fourth-order valence-corrected chi connectivity index (χ4v) is 2.95. The molecular weight excluding hydrogens is 312 g/mol. The van der Waals surface area contributed by atoms with Gasteiger partial charge in [-0.2, -0.15) is 5.10 Å². The van der Waals surface area contributed by atoms with Gasteiger partial charge >= 0.3 is 0 Å². The zero-order valence-corrected chi connectivity index (χ0v) is 15.0. The molecule has 0 aliphatic carbocycles. The van der Waals surface area contributed by atoms with Crippen LogP contribution in [0.4, 0.5) is 5.69 Å². The van der Waals surface area contributed by atoms with Gasteiger partial charge in [0.15, 0.2) is 0 Å². The molecule has 0 spiro atoms. The van der Waals surface area contributed by atoms with Crippen LogP contribution in [0.25, 0.3) is 0 Å². The lowest BCUT2D eigenvalue weighted by Gasteiger charge is -2.19. The van der Waals surface area contributed by atoms with E-state index in [-0.39, 0.29) is 16.5 Å². The van der Waals surface area contributed by atoms with Gasteiger partial charge in [-0.05, 0) is 52.4 Å². The zero-order valence-electron chi connectivity index (χ0n) is 14.2. The van der Waals surface area contributed by atoms with E-state index >= 15 is 0 Å². The second-order valence-electron chi connectivity index (χ2n) is 6.49. The topological polar surface area (TPSA) is 76.0 Å². The van der Waals surface area contributed by atoms with Gasteiger partial charge in [0.1, 0.15) is 0 Å². The molecule has 1 unspecified atom stereocenters. The summed E-state index contributed by atoms with van der Waals surface area (Å²) in [6.45, 7) is 8.23. The quantitative estimate of drug-likeness (QED) is 0.880. The number of sulfonamides is 1. The van der Waals surface area contributed by atoms with E-state index in [2.05, 4.69) is 35.9 Å². The molecule has 1 aromatic heterocycles. The number of benzene rings is 1. The number of rotatable bonds is 5. The van der Waals surface area contributed by atoms with Gasteiger partial charge in [0.05, 0.1) is 22.3 Å². The maximum absolute atomic E-state index is 11.9. The lowest BCUT2D eigenvalue weighted by molar-refractivity contribution is 0.355. The fourth-order valence-electron chi connectivity index (χ4n) is 2.17. The molecule has 7 heteroatoms. The van der Waals surface area contributed by atoms with Gasteiger partial charge in [0.2, 0.25) is 10.0 Å². The maximum atomic E-state index is 11.9. The molecule has 2 aromatic rings. The summed E-state index contributed by atoms with van der Waals surface area (Å²) in [5.41, 5.74) is 1.71. The summed E-state index contributed by atoms with van der Waals surface area (Å²) in [5.74, 6) is 0. The molecule has 0 aliphatic rings. The van der Waals surface area contributed by atoms with Crippen molar-refractivity contribution in [2.45, 2.75) is 44.2 Å². The van der Waals surface area contributed by atoms with Crippen molar-refractivity contribution in [3.05, 3.63) is 42.2 Å². The van der Waals surface area contributed by atoms with Crippen LogP contribution in [0.3, 0.4) is 0 Å². The second-order valence-corrected chi connectivity index (χ2v) is 8.38. The highest BCUT2D eigenvalue weighted by Crippen LogP contribution is 2.23. The number of hydrogen-bond acceptors (Lipinski definition) is 4. The number of nitrogens with one attached hydrogen (secondary N) is 2. The highest BCUT2D eigenvalue weighted by Gasteiger charge is 2.16. The molecule has 2 rings (SSSR count). The van der Waals surface area contributed by atoms with Crippen LogP contribution in [0.1, 0.15) is 39.3 Å². The molecule has 126 valence electrons. The Morgan fingerprint density at radius 1 is 1.26 bits per heavy atom. The molecular formula is C16H24N4O2S. The Bertz CT molecular complexity index is 775. The van der Waals surface area contributed by atoms with E-state index in [1.165, 1.54) is 7.05 Å². The van der Waals surface area contributed by atoms with Crippen LogP contribution >= 0.6 is 0 Å². The minimum Gasteiger partial charge on any atom is -0.376 e. The Morgan fingerprint density at radius 2 is 1.96 bits per heavy atom. The molecule has 1 heterocycles. The van der Waals surface area contributed by atoms with Crippen molar-refractivity contribution in [2.75, 3.05) is 12.4 Å². The van der Waals surface area contributed by atoms with E-state index in [0.717, 1.165) is 11.3 Å². The number of aromatic nitrogens is 2. The Kier molecular flexibility index (Phi) is 4.81. The Morgan fingerprint density at radius 3 is 2.52 bits per heavy atom. The third-order valence-corrected chi connectivity index (χ3v) is 5.00. The summed E-state index contributed by atoms with van der Waals surface area (Å²) < 4.78 is 28.0. The molecule has 23 heavy (non-hydrogen) atoms. The van der Waals surface area contributed by atoms with E-state index in [9.17, 15) is 8.42 Å². The van der Waals surface area contributed by atoms with E-state index in [4.69, 9.17) is 0 Å². The van der Waals surface area contributed by atoms with E-state index in [1.54, 1.807) is 24.4 Å². The number of hydrogen-bond donors (Lipinski definition) is 2. The zero-order chi connectivity index (χ0) is 17.3. The first-order valence-electron chi connectivity index (χ1n) is 7.49. The van der Waals surface area contributed by atoms with Gasteiger partial charge in [-0.3, -0.25) is 4.68 Å². The van der Waals surface area contributed by atoms with Crippen LogP contribution < -0.4 is 10.0 Å². The molecule has 0 bridgehead atoms. The van der Waals surface area contributed by atoms with Gasteiger partial charge in [-0.25, -0.2) is 13.1 Å². The van der Waals surface area contributed by atoms with Crippen molar-refractivity contribution in [3.63, 3.8) is 0 Å². The maximum Gasteiger partial charge on any atom is 0.240 e. The molecule has 2 N–H and O–H groups in total. The minimum atomic E-state index is -3.44. The first-order chi connectivity index (χ1) is 10.6. The number of nitrogens with zero attached hydrogens (tertiary/aromatic N) is 2. The average Bonchev–Trinajstić information content (AvgIpc) is 2.96. The summed E-state index contributed by atoms with van der Waals surface area (Å²) in [6.07, 6.45) is 3.72. The van der Waals surface area contributed by atoms with Crippen LogP contribution in [0.15, 0.2) is 41.6 Å². The molecule has 0 saturated heterocycles. The second kappa shape index (κ2) is 6.33. The van der Waals surface area contributed by atoms with Crippen molar-refractivity contribution in [2.24, 2.45) is 0 Å². The average molecular weight is 336 g/mol. The van der Waals surface area contributed by atoms with Gasteiger partial charge in [-0.1, -0.05) is 12.1 Å². The van der Waals surface area contributed by atoms with Crippen molar-refractivity contribution >= 4 is 15.7 Å². The van der Waals surface area contributed by atoms with Gasteiger partial charge in [0, 0.05) is 12.2 Å². The van der Waals surface area contributed by atoms with Crippen LogP contribution in [-0.4, -0.2) is 25.2 Å². The van der Waals surface area contributed by atoms with Crippen LogP contribution in [0.5, 0.6) is 0 Å². The SMILES string of the molecule is CNS(=O)(=O)c1cccc(C(C)Nc2cnn(C(C)(C)C)c2)c1. The molecule has 1 atom stereocenters. The molecule has 6 nitrogen and oxygen atoms in total. The Labute approximate surface area is 138 Å². The first-order valence-corrected chi connectivity index (χ1v) is 8.97. The molecule has 0 amide bonds.